The van der Waals surface area contributed by atoms with Gasteiger partial charge in [0.25, 0.3) is 0 Å². The summed E-state index contributed by atoms with van der Waals surface area (Å²) in [7, 11) is 0. The van der Waals surface area contributed by atoms with Crippen molar-refractivity contribution in [3.05, 3.63) is 40.8 Å². The number of ketones is 1. The lowest BCUT2D eigenvalue weighted by Gasteiger charge is -2.17. The van der Waals surface area contributed by atoms with E-state index in [0.717, 1.165) is 5.39 Å². The van der Waals surface area contributed by atoms with Crippen molar-refractivity contribution in [3.8, 4) is 5.75 Å². The zero-order chi connectivity index (χ0) is 16.1. The summed E-state index contributed by atoms with van der Waals surface area (Å²) in [5.41, 5.74) is 0.0482. The van der Waals surface area contributed by atoms with Gasteiger partial charge in [0.05, 0.1) is 12.7 Å². The van der Waals surface area contributed by atoms with E-state index in [1.807, 2.05) is 0 Å². The maximum absolute atomic E-state index is 11.5. The van der Waals surface area contributed by atoms with Crippen molar-refractivity contribution in [2.24, 2.45) is 5.92 Å². The minimum Gasteiger partial charge on any atom is -0.493 e. The van der Waals surface area contributed by atoms with Crippen molar-refractivity contribution in [3.63, 3.8) is 0 Å². The predicted octanol–water partition coefficient (Wildman–Crippen LogP) is 2.54. The third kappa shape index (κ3) is 3.95. The van der Waals surface area contributed by atoms with Crippen molar-refractivity contribution < 1.29 is 19.1 Å². The van der Waals surface area contributed by atoms with Gasteiger partial charge in [0, 0.05) is 36.3 Å². The summed E-state index contributed by atoms with van der Waals surface area (Å²) in [5, 5.41) is 10.8. The molecule has 0 aliphatic carbocycles. The molecule has 0 aliphatic heterocycles. The SMILES string of the molecule is CCC(=O)[C@@H](C)[C@H](O)CCOc1ccc2ccc(=O)oc2c1. The summed E-state index contributed by atoms with van der Waals surface area (Å²) in [6, 6.07) is 8.27. The highest BCUT2D eigenvalue weighted by Gasteiger charge is 2.20. The van der Waals surface area contributed by atoms with Gasteiger partial charge in [0.15, 0.2) is 0 Å². The first-order valence-corrected chi connectivity index (χ1v) is 7.38. The molecule has 0 saturated heterocycles. The van der Waals surface area contributed by atoms with Crippen LogP contribution in [0.4, 0.5) is 0 Å². The van der Waals surface area contributed by atoms with Gasteiger partial charge in [0.2, 0.25) is 0 Å². The Morgan fingerprint density at radius 1 is 1.32 bits per heavy atom. The monoisotopic (exact) mass is 304 g/mol. The third-order valence-electron chi connectivity index (χ3n) is 3.71. The standard InChI is InChI=1S/C17H20O5/c1-3-14(18)11(2)15(19)8-9-21-13-6-4-12-5-7-17(20)22-16(12)10-13/h4-7,10-11,15,19H,3,8-9H2,1-2H3/t11-,15-/m1/s1. The Bertz CT molecular complexity index is 704. The number of aliphatic hydroxyl groups excluding tert-OH is 1. The van der Waals surface area contributed by atoms with E-state index in [-0.39, 0.29) is 18.3 Å². The average Bonchev–Trinajstić information content (AvgIpc) is 2.52. The molecule has 22 heavy (non-hydrogen) atoms. The first-order chi connectivity index (χ1) is 10.5. The number of fused-ring (bicyclic) bond motifs is 1. The number of aliphatic hydroxyl groups is 1. The molecule has 0 fully saturated rings. The van der Waals surface area contributed by atoms with Gasteiger partial charge in [-0.15, -0.1) is 0 Å². The summed E-state index contributed by atoms with van der Waals surface area (Å²) in [4.78, 5) is 22.7. The highest BCUT2D eigenvalue weighted by molar-refractivity contribution is 5.80. The first kappa shape index (κ1) is 16.2. The second-order valence-electron chi connectivity index (χ2n) is 5.27. The second kappa shape index (κ2) is 7.22. The van der Waals surface area contributed by atoms with Crippen LogP contribution >= 0.6 is 0 Å². The Balaban J connectivity index is 1.94. The molecule has 5 heteroatoms. The maximum Gasteiger partial charge on any atom is 0.336 e. The van der Waals surface area contributed by atoms with Crippen LogP contribution < -0.4 is 10.4 Å². The van der Waals surface area contributed by atoms with Gasteiger partial charge in [-0.2, -0.15) is 0 Å². The number of carbonyl (C=O) groups excluding carboxylic acids is 1. The van der Waals surface area contributed by atoms with Gasteiger partial charge in [-0.1, -0.05) is 13.8 Å². The largest absolute Gasteiger partial charge is 0.493 e. The topological polar surface area (TPSA) is 76.7 Å². The Labute approximate surface area is 128 Å². The molecule has 0 saturated carbocycles. The van der Waals surface area contributed by atoms with Gasteiger partial charge in [-0.3, -0.25) is 4.79 Å². The molecule has 2 aromatic rings. The number of carbonyl (C=O) groups is 1. The highest BCUT2D eigenvalue weighted by atomic mass is 16.5. The predicted molar refractivity (Wildman–Crippen MR) is 83.1 cm³/mol. The van der Waals surface area contributed by atoms with Crippen molar-refractivity contribution in [1.82, 2.24) is 0 Å². The van der Waals surface area contributed by atoms with E-state index in [1.165, 1.54) is 6.07 Å². The first-order valence-electron chi connectivity index (χ1n) is 7.38. The Morgan fingerprint density at radius 3 is 2.77 bits per heavy atom. The van der Waals surface area contributed by atoms with E-state index in [0.29, 0.717) is 24.2 Å². The summed E-state index contributed by atoms with van der Waals surface area (Å²) >= 11 is 0. The number of ether oxygens (including phenoxy) is 1. The minimum absolute atomic E-state index is 0.0416. The smallest absolute Gasteiger partial charge is 0.336 e. The number of benzene rings is 1. The van der Waals surface area contributed by atoms with Crippen molar-refractivity contribution in [2.45, 2.75) is 32.8 Å². The third-order valence-corrected chi connectivity index (χ3v) is 3.71. The molecule has 1 aromatic heterocycles. The molecule has 2 atom stereocenters. The Hall–Kier alpha value is -2.14. The molecule has 0 spiro atoms. The van der Waals surface area contributed by atoms with Crippen LogP contribution in [0.25, 0.3) is 11.0 Å². The molecular weight excluding hydrogens is 284 g/mol. The van der Waals surface area contributed by atoms with Gasteiger partial charge in [-0.25, -0.2) is 4.79 Å². The number of hydrogen-bond donors (Lipinski definition) is 1. The molecule has 0 bridgehead atoms. The number of hydrogen-bond acceptors (Lipinski definition) is 5. The zero-order valence-corrected chi connectivity index (χ0v) is 12.7. The fourth-order valence-corrected chi connectivity index (χ4v) is 2.21. The lowest BCUT2D eigenvalue weighted by Crippen LogP contribution is -2.26. The van der Waals surface area contributed by atoms with Crippen LogP contribution in [0.2, 0.25) is 0 Å². The molecule has 1 heterocycles. The number of Topliss-reactive ketones (excluding diaryl/α,β-unsaturated/α-hetero) is 1. The van der Waals surface area contributed by atoms with Crippen LogP contribution in [-0.4, -0.2) is 23.6 Å². The lowest BCUT2D eigenvalue weighted by atomic mass is 9.96. The van der Waals surface area contributed by atoms with Gasteiger partial charge < -0.3 is 14.3 Å². The van der Waals surface area contributed by atoms with Gasteiger partial charge in [-0.05, 0) is 18.2 Å². The molecule has 1 aromatic carbocycles. The van der Waals surface area contributed by atoms with Crippen LogP contribution in [0.1, 0.15) is 26.7 Å². The van der Waals surface area contributed by atoms with Crippen molar-refractivity contribution in [1.29, 1.82) is 0 Å². The molecule has 5 nitrogen and oxygen atoms in total. The maximum atomic E-state index is 11.5. The average molecular weight is 304 g/mol. The molecule has 2 rings (SSSR count). The van der Waals surface area contributed by atoms with Gasteiger partial charge >= 0.3 is 5.63 Å². The second-order valence-corrected chi connectivity index (χ2v) is 5.27. The van der Waals surface area contributed by atoms with E-state index in [2.05, 4.69) is 0 Å². The van der Waals surface area contributed by atoms with Crippen LogP contribution in [0.15, 0.2) is 39.5 Å². The summed E-state index contributed by atoms with van der Waals surface area (Å²) in [6.45, 7) is 3.79. The molecule has 0 amide bonds. The van der Waals surface area contributed by atoms with Crippen LogP contribution in [0.3, 0.4) is 0 Å². The van der Waals surface area contributed by atoms with Crippen LogP contribution in [0, 0.1) is 5.92 Å². The van der Waals surface area contributed by atoms with E-state index >= 15 is 0 Å². The molecule has 0 unspecified atom stereocenters. The van der Waals surface area contributed by atoms with Crippen molar-refractivity contribution >= 4 is 16.8 Å². The highest BCUT2D eigenvalue weighted by Crippen LogP contribution is 2.20. The fraction of sp³-hybridized carbons (Fsp3) is 0.412. The zero-order valence-electron chi connectivity index (χ0n) is 12.7. The van der Waals surface area contributed by atoms with E-state index in [9.17, 15) is 14.7 Å². The Morgan fingerprint density at radius 2 is 2.05 bits per heavy atom. The normalized spacial score (nSPS) is 13.8. The fourth-order valence-electron chi connectivity index (χ4n) is 2.21. The Kier molecular flexibility index (Phi) is 5.33. The number of rotatable bonds is 7. The van der Waals surface area contributed by atoms with E-state index in [1.54, 1.807) is 38.1 Å². The summed E-state index contributed by atoms with van der Waals surface area (Å²) < 4.78 is 10.6. The molecule has 118 valence electrons. The van der Waals surface area contributed by atoms with Gasteiger partial charge in [0.1, 0.15) is 17.1 Å². The van der Waals surface area contributed by atoms with E-state index in [4.69, 9.17) is 9.15 Å². The minimum atomic E-state index is -0.717. The van der Waals surface area contributed by atoms with Crippen molar-refractivity contribution in [2.75, 3.05) is 6.61 Å². The van der Waals surface area contributed by atoms with Crippen LogP contribution in [0.5, 0.6) is 5.75 Å². The summed E-state index contributed by atoms with van der Waals surface area (Å²) in [5.74, 6) is 0.215. The quantitative estimate of drug-likeness (QED) is 0.795. The molecule has 0 radical (unpaired) electrons. The van der Waals surface area contributed by atoms with E-state index < -0.39 is 11.7 Å². The molecule has 0 aliphatic rings. The molecular formula is C17H20O5. The summed E-state index contributed by atoms with van der Waals surface area (Å²) in [6.07, 6.45) is 0.0674. The molecule has 1 N–H and O–H groups in total. The lowest BCUT2D eigenvalue weighted by molar-refractivity contribution is -0.125. The van der Waals surface area contributed by atoms with Crippen LogP contribution in [-0.2, 0) is 4.79 Å².